The standard InChI is InChI=1S/C15H17FN2O/c1-10-2-3-12-14(17-10)5-4-13(16)15(12)18-8-6-11(19)7-9-18/h2-5,11,19H,6-9H2,1H3. The summed E-state index contributed by atoms with van der Waals surface area (Å²) < 4.78 is 14.2. The van der Waals surface area contributed by atoms with Gasteiger partial charge in [-0.05, 0) is 44.0 Å². The van der Waals surface area contributed by atoms with Crippen molar-refractivity contribution >= 4 is 16.6 Å². The Bertz CT molecular complexity index is 606. The molecule has 1 aromatic carbocycles. The Morgan fingerprint density at radius 1 is 1.21 bits per heavy atom. The van der Waals surface area contributed by atoms with Crippen LogP contribution >= 0.6 is 0 Å². The van der Waals surface area contributed by atoms with E-state index in [-0.39, 0.29) is 11.9 Å². The molecule has 19 heavy (non-hydrogen) atoms. The lowest BCUT2D eigenvalue weighted by Gasteiger charge is -2.32. The second kappa shape index (κ2) is 4.78. The molecule has 1 aromatic heterocycles. The molecular weight excluding hydrogens is 243 g/mol. The molecule has 0 aliphatic carbocycles. The summed E-state index contributed by atoms with van der Waals surface area (Å²) >= 11 is 0. The molecule has 0 atom stereocenters. The van der Waals surface area contributed by atoms with Gasteiger partial charge in [-0.25, -0.2) is 4.39 Å². The Hall–Kier alpha value is -1.68. The first-order valence-corrected chi connectivity index (χ1v) is 6.64. The summed E-state index contributed by atoms with van der Waals surface area (Å²) in [6.45, 7) is 3.30. The number of benzene rings is 1. The Morgan fingerprint density at radius 3 is 2.68 bits per heavy atom. The lowest BCUT2D eigenvalue weighted by molar-refractivity contribution is 0.145. The van der Waals surface area contributed by atoms with Crippen LogP contribution in [0.3, 0.4) is 0 Å². The van der Waals surface area contributed by atoms with Gasteiger partial charge in [0.15, 0.2) is 0 Å². The molecule has 4 heteroatoms. The minimum absolute atomic E-state index is 0.213. The van der Waals surface area contributed by atoms with Crippen molar-refractivity contribution in [2.45, 2.75) is 25.9 Å². The quantitative estimate of drug-likeness (QED) is 0.856. The number of piperidine rings is 1. The summed E-state index contributed by atoms with van der Waals surface area (Å²) in [5.74, 6) is -0.213. The Kier molecular flexibility index (Phi) is 3.11. The summed E-state index contributed by atoms with van der Waals surface area (Å²) in [6, 6.07) is 7.04. The highest BCUT2D eigenvalue weighted by atomic mass is 19.1. The number of aliphatic hydroxyl groups is 1. The average molecular weight is 260 g/mol. The van der Waals surface area contributed by atoms with Gasteiger partial charge in [0.25, 0.3) is 0 Å². The summed E-state index contributed by atoms with van der Waals surface area (Å²) in [5.41, 5.74) is 2.37. The lowest BCUT2D eigenvalue weighted by atomic mass is 10.0. The number of aliphatic hydroxyl groups excluding tert-OH is 1. The van der Waals surface area contributed by atoms with E-state index in [4.69, 9.17) is 0 Å². The number of rotatable bonds is 1. The monoisotopic (exact) mass is 260 g/mol. The van der Waals surface area contributed by atoms with Gasteiger partial charge in [-0.2, -0.15) is 0 Å². The zero-order chi connectivity index (χ0) is 13.4. The van der Waals surface area contributed by atoms with E-state index in [1.807, 2.05) is 24.0 Å². The molecule has 1 aliphatic heterocycles. The molecular formula is C15H17FN2O. The third-order valence-corrected chi connectivity index (χ3v) is 3.71. The number of pyridine rings is 1. The van der Waals surface area contributed by atoms with E-state index in [2.05, 4.69) is 4.98 Å². The fraction of sp³-hybridized carbons (Fsp3) is 0.400. The van der Waals surface area contributed by atoms with Gasteiger partial charge in [0.05, 0.1) is 17.3 Å². The van der Waals surface area contributed by atoms with Crippen LogP contribution < -0.4 is 4.90 Å². The van der Waals surface area contributed by atoms with E-state index in [0.717, 1.165) is 16.6 Å². The van der Waals surface area contributed by atoms with Crippen LogP contribution in [0.25, 0.3) is 10.9 Å². The second-order valence-electron chi connectivity index (χ2n) is 5.13. The van der Waals surface area contributed by atoms with Crippen molar-refractivity contribution in [1.29, 1.82) is 0 Å². The fourth-order valence-electron chi connectivity index (χ4n) is 2.67. The number of anilines is 1. The highest BCUT2D eigenvalue weighted by Gasteiger charge is 2.21. The Balaban J connectivity index is 2.08. The van der Waals surface area contributed by atoms with Crippen molar-refractivity contribution in [3.8, 4) is 0 Å². The summed E-state index contributed by atoms with van der Waals surface area (Å²) in [4.78, 5) is 6.46. The largest absolute Gasteiger partial charge is 0.393 e. The molecule has 0 bridgehead atoms. The van der Waals surface area contributed by atoms with Crippen LogP contribution in [-0.2, 0) is 0 Å². The zero-order valence-electron chi connectivity index (χ0n) is 10.9. The number of nitrogens with zero attached hydrogens (tertiary/aromatic N) is 2. The number of hydrogen-bond donors (Lipinski definition) is 1. The molecule has 3 rings (SSSR count). The smallest absolute Gasteiger partial charge is 0.147 e. The van der Waals surface area contributed by atoms with Crippen LogP contribution in [-0.4, -0.2) is 29.3 Å². The van der Waals surface area contributed by atoms with Gasteiger partial charge in [-0.15, -0.1) is 0 Å². The zero-order valence-corrected chi connectivity index (χ0v) is 10.9. The fourth-order valence-corrected chi connectivity index (χ4v) is 2.67. The van der Waals surface area contributed by atoms with Crippen LogP contribution in [0, 0.1) is 12.7 Å². The maximum absolute atomic E-state index is 14.2. The molecule has 2 aromatic rings. The molecule has 0 unspecified atom stereocenters. The van der Waals surface area contributed by atoms with Gasteiger partial charge in [-0.1, -0.05) is 0 Å². The van der Waals surface area contributed by atoms with Gasteiger partial charge in [0.2, 0.25) is 0 Å². The lowest BCUT2D eigenvalue weighted by Crippen LogP contribution is -2.36. The molecule has 1 aliphatic rings. The van der Waals surface area contributed by atoms with Crippen LogP contribution in [0.5, 0.6) is 0 Å². The number of halogens is 1. The minimum atomic E-state index is -0.255. The molecule has 1 fully saturated rings. The maximum Gasteiger partial charge on any atom is 0.147 e. The number of hydrogen-bond acceptors (Lipinski definition) is 3. The predicted molar refractivity (Wildman–Crippen MR) is 73.9 cm³/mol. The first-order valence-electron chi connectivity index (χ1n) is 6.64. The first-order chi connectivity index (χ1) is 9.15. The summed E-state index contributed by atoms with van der Waals surface area (Å²) in [7, 11) is 0. The molecule has 3 nitrogen and oxygen atoms in total. The summed E-state index contributed by atoms with van der Waals surface area (Å²) in [6.07, 6.45) is 1.12. The van der Waals surface area contributed by atoms with Crippen LogP contribution in [0.4, 0.5) is 10.1 Å². The SMILES string of the molecule is Cc1ccc2c(N3CCC(O)CC3)c(F)ccc2n1. The van der Waals surface area contributed by atoms with Crippen molar-refractivity contribution in [3.63, 3.8) is 0 Å². The van der Waals surface area contributed by atoms with E-state index >= 15 is 0 Å². The molecule has 0 radical (unpaired) electrons. The molecule has 2 heterocycles. The van der Waals surface area contributed by atoms with Crippen molar-refractivity contribution in [2.24, 2.45) is 0 Å². The number of aromatic nitrogens is 1. The Morgan fingerprint density at radius 2 is 1.95 bits per heavy atom. The third kappa shape index (κ3) is 2.28. The van der Waals surface area contributed by atoms with Gasteiger partial charge in [0.1, 0.15) is 5.82 Å². The normalized spacial score (nSPS) is 17.1. The summed E-state index contributed by atoms with van der Waals surface area (Å²) in [5, 5.41) is 10.4. The number of aryl methyl sites for hydroxylation is 1. The van der Waals surface area contributed by atoms with E-state index in [1.165, 1.54) is 6.07 Å². The first kappa shape index (κ1) is 12.4. The molecule has 0 saturated carbocycles. The van der Waals surface area contributed by atoms with Crippen molar-refractivity contribution < 1.29 is 9.50 Å². The molecule has 1 saturated heterocycles. The highest BCUT2D eigenvalue weighted by Crippen LogP contribution is 2.31. The minimum Gasteiger partial charge on any atom is -0.393 e. The predicted octanol–water partition coefficient (Wildman–Crippen LogP) is 2.64. The van der Waals surface area contributed by atoms with E-state index in [0.29, 0.717) is 31.6 Å². The molecule has 0 spiro atoms. The van der Waals surface area contributed by atoms with Gasteiger partial charge >= 0.3 is 0 Å². The second-order valence-corrected chi connectivity index (χ2v) is 5.13. The van der Waals surface area contributed by atoms with Crippen LogP contribution in [0.1, 0.15) is 18.5 Å². The third-order valence-electron chi connectivity index (χ3n) is 3.71. The van der Waals surface area contributed by atoms with Crippen molar-refractivity contribution in [3.05, 3.63) is 35.8 Å². The molecule has 1 N–H and O–H groups in total. The van der Waals surface area contributed by atoms with Gasteiger partial charge < -0.3 is 10.0 Å². The van der Waals surface area contributed by atoms with E-state index < -0.39 is 0 Å². The van der Waals surface area contributed by atoms with Crippen molar-refractivity contribution in [2.75, 3.05) is 18.0 Å². The Labute approximate surface area is 111 Å². The van der Waals surface area contributed by atoms with E-state index in [9.17, 15) is 9.50 Å². The van der Waals surface area contributed by atoms with Gasteiger partial charge in [0, 0.05) is 24.2 Å². The number of fused-ring (bicyclic) bond motifs is 1. The van der Waals surface area contributed by atoms with Gasteiger partial charge in [-0.3, -0.25) is 4.98 Å². The van der Waals surface area contributed by atoms with Crippen molar-refractivity contribution in [1.82, 2.24) is 4.98 Å². The highest BCUT2D eigenvalue weighted by molar-refractivity contribution is 5.92. The van der Waals surface area contributed by atoms with Crippen LogP contribution in [0.15, 0.2) is 24.3 Å². The topological polar surface area (TPSA) is 36.4 Å². The van der Waals surface area contributed by atoms with Crippen LogP contribution in [0.2, 0.25) is 0 Å². The van der Waals surface area contributed by atoms with E-state index in [1.54, 1.807) is 6.07 Å². The maximum atomic E-state index is 14.2. The average Bonchev–Trinajstić information content (AvgIpc) is 2.40. The molecule has 0 amide bonds. The molecule has 100 valence electrons.